The molecule has 0 aromatic heterocycles. The van der Waals surface area contributed by atoms with Crippen molar-refractivity contribution in [2.45, 2.75) is 26.7 Å². The van der Waals surface area contributed by atoms with Gasteiger partial charge in [0.2, 0.25) is 0 Å². The number of nitrogens with one attached hydrogen (secondary N) is 1. The molecular formula is C13H27N3O2S. The summed E-state index contributed by atoms with van der Waals surface area (Å²) in [5.74, 6) is 0.590. The number of rotatable bonds is 7. The van der Waals surface area contributed by atoms with Crippen LogP contribution in [0, 0.1) is 5.92 Å². The molecule has 0 spiro atoms. The highest BCUT2D eigenvalue weighted by Gasteiger charge is 2.31. The van der Waals surface area contributed by atoms with Crippen LogP contribution in [0.1, 0.15) is 26.7 Å². The first-order valence-electron chi connectivity index (χ1n) is 6.96. The second-order valence-corrected chi connectivity index (χ2v) is 7.22. The van der Waals surface area contributed by atoms with Crippen molar-refractivity contribution in [3.8, 4) is 0 Å². The smallest absolute Gasteiger partial charge is 0.282 e. The van der Waals surface area contributed by atoms with Crippen LogP contribution >= 0.6 is 0 Å². The fourth-order valence-electron chi connectivity index (χ4n) is 2.45. The Balaban J connectivity index is 2.65. The van der Waals surface area contributed by atoms with Crippen molar-refractivity contribution in [2.75, 3.05) is 39.8 Å². The zero-order valence-electron chi connectivity index (χ0n) is 12.4. The summed E-state index contributed by atoms with van der Waals surface area (Å²) in [6.07, 6.45) is 1.87. The molecule has 5 nitrogen and oxygen atoms in total. The Hall–Kier alpha value is -0.430. The fourth-order valence-corrected chi connectivity index (χ4v) is 4.16. The van der Waals surface area contributed by atoms with Crippen molar-refractivity contribution >= 4 is 10.2 Å². The highest BCUT2D eigenvalue weighted by molar-refractivity contribution is 7.86. The van der Waals surface area contributed by atoms with Gasteiger partial charge < -0.3 is 5.32 Å². The van der Waals surface area contributed by atoms with Crippen molar-refractivity contribution in [2.24, 2.45) is 5.92 Å². The van der Waals surface area contributed by atoms with Crippen LogP contribution in [-0.2, 0) is 10.2 Å². The van der Waals surface area contributed by atoms with Crippen molar-refractivity contribution in [1.29, 1.82) is 0 Å². The van der Waals surface area contributed by atoms with Gasteiger partial charge in [0.1, 0.15) is 0 Å². The minimum atomic E-state index is -3.32. The molecule has 0 aliphatic carbocycles. The van der Waals surface area contributed by atoms with Crippen LogP contribution in [-0.4, -0.2) is 56.8 Å². The molecule has 1 aliphatic rings. The lowest BCUT2D eigenvalue weighted by atomic mass is 9.98. The molecule has 0 atom stereocenters. The molecule has 1 saturated heterocycles. The summed E-state index contributed by atoms with van der Waals surface area (Å²) in [6.45, 7) is 10.7. The maximum absolute atomic E-state index is 12.5. The molecular weight excluding hydrogens is 262 g/mol. The lowest BCUT2D eigenvalue weighted by Crippen LogP contribution is -2.48. The van der Waals surface area contributed by atoms with Gasteiger partial charge in [-0.2, -0.15) is 17.0 Å². The van der Waals surface area contributed by atoms with Gasteiger partial charge in [-0.3, -0.25) is 0 Å². The third kappa shape index (κ3) is 4.56. The van der Waals surface area contributed by atoms with Crippen LogP contribution in [0.25, 0.3) is 0 Å². The third-order valence-electron chi connectivity index (χ3n) is 3.52. The standard InChI is InChI=1S/C13H27N3O2S/c1-5-15(11-12(2)3)19(17,18)16-8-6-13(7-9-16)10-14-4/h13-14H,2,5-11H2,1,3-4H3. The van der Waals surface area contributed by atoms with E-state index in [1.165, 1.54) is 4.31 Å². The van der Waals surface area contributed by atoms with E-state index in [1.807, 2.05) is 20.9 Å². The molecule has 1 fully saturated rings. The maximum atomic E-state index is 12.5. The van der Waals surface area contributed by atoms with Gasteiger partial charge in [-0.25, -0.2) is 0 Å². The lowest BCUT2D eigenvalue weighted by Gasteiger charge is -2.34. The molecule has 0 bridgehead atoms. The quantitative estimate of drug-likeness (QED) is 0.713. The molecule has 1 aliphatic heterocycles. The first-order chi connectivity index (χ1) is 8.91. The summed E-state index contributed by atoms with van der Waals surface area (Å²) in [6, 6.07) is 0. The van der Waals surface area contributed by atoms with Crippen molar-refractivity contribution in [1.82, 2.24) is 13.9 Å². The van der Waals surface area contributed by atoms with Gasteiger partial charge in [-0.1, -0.05) is 19.1 Å². The maximum Gasteiger partial charge on any atom is 0.282 e. The number of nitrogens with zero attached hydrogens (tertiary/aromatic N) is 2. The van der Waals surface area contributed by atoms with E-state index >= 15 is 0 Å². The van der Waals surface area contributed by atoms with E-state index in [-0.39, 0.29) is 0 Å². The molecule has 0 radical (unpaired) electrons. The van der Waals surface area contributed by atoms with Gasteiger partial charge in [-0.15, -0.1) is 0 Å². The van der Waals surface area contributed by atoms with Gasteiger partial charge in [0.05, 0.1) is 0 Å². The van der Waals surface area contributed by atoms with Crippen molar-refractivity contribution in [3.63, 3.8) is 0 Å². The van der Waals surface area contributed by atoms with Crippen LogP contribution in [0.5, 0.6) is 0 Å². The normalized spacial score (nSPS) is 18.9. The van der Waals surface area contributed by atoms with Gasteiger partial charge in [-0.05, 0) is 39.3 Å². The third-order valence-corrected chi connectivity index (χ3v) is 5.58. The fraction of sp³-hybridized carbons (Fsp3) is 0.846. The number of likely N-dealkylation sites (N-methyl/N-ethyl adjacent to an activating group) is 1. The monoisotopic (exact) mass is 289 g/mol. The molecule has 0 unspecified atom stereocenters. The highest BCUT2D eigenvalue weighted by Crippen LogP contribution is 2.21. The van der Waals surface area contributed by atoms with Crippen LogP contribution in [0.2, 0.25) is 0 Å². The van der Waals surface area contributed by atoms with Crippen LogP contribution in [0.4, 0.5) is 0 Å². The predicted molar refractivity (Wildman–Crippen MR) is 79.2 cm³/mol. The summed E-state index contributed by atoms with van der Waals surface area (Å²) in [5, 5.41) is 3.16. The van der Waals surface area contributed by atoms with Crippen LogP contribution in [0.3, 0.4) is 0 Å². The summed E-state index contributed by atoms with van der Waals surface area (Å²) >= 11 is 0. The summed E-state index contributed by atoms with van der Waals surface area (Å²) in [4.78, 5) is 0. The van der Waals surface area contributed by atoms with E-state index in [0.29, 0.717) is 32.1 Å². The summed E-state index contributed by atoms with van der Waals surface area (Å²) in [7, 11) is -1.38. The largest absolute Gasteiger partial charge is 0.319 e. The summed E-state index contributed by atoms with van der Waals surface area (Å²) < 4.78 is 28.1. The van der Waals surface area contributed by atoms with E-state index in [2.05, 4.69) is 11.9 Å². The molecule has 0 amide bonds. The zero-order valence-corrected chi connectivity index (χ0v) is 13.2. The Morgan fingerprint density at radius 1 is 1.42 bits per heavy atom. The van der Waals surface area contributed by atoms with E-state index in [9.17, 15) is 8.42 Å². The van der Waals surface area contributed by atoms with E-state index in [4.69, 9.17) is 0 Å². The SMILES string of the molecule is C=C(C)CN(CC)S(=O)(=O)N1CCC(CNC)CC1. The highest BCUT2D eigenvalue weighted by atomic mass is 32.2. The first-order valence-corrected chi connectivity index (χ1v) is 8.35. The number of hydrogen-bond acceptors (Lipinski definition) is 3. The van der Waals surface area contributed by atoms with E-state index in [0.717, 1.165) is 25.0 Å². The molecule has 112 valence electrons. The van der Waals surface area contributed by atoms with Gasteiger partial charge >= 0.3 is 0 Å². The Kier molecular flexibility index (Phi) is 6.46. The summed E-state index contributed by atoms with van der Waals surface area (Å²) in [5.41, 5.74) is 0.871. The number of piperidine rings is 1. The minimum Gasteiger partial charge on any atom is -0.319 e. The second-order valence-electron chi connectivity index (χ2n) is 5.29. The Bertz CT molecular complexity index is 387. The zero-order chi connectivity index (χ0) is 14.5. The van der Waals surface area contributed by atoms with Gasteiger partial charge in [0, 0.05) is 26.2 Å². The van der Waals surface area contributed by atoms with Crippen LogP contribution in [0.15, 0.2) is 12.2 Å². The molecule has 19 heavy (non-hydrogen) atoms. The molecule has 0 aromatic rings. The predicted octanol–water partition coefficient (Wildman–Crippen LogP) is 1.06. The average molecular weight is 289 g/mol. The molecule has 1 rings (SSSR count). The lowest BCUT2D eigenvalue weighted by molar-refractivity contribution is 0.254. The molecule has 1 heterocycles. The molecule has 0 aromatic carbocycles. The Morgan fingerprint density at radius 2 is 2.00 bits per heavy atom. The van der Waals surface area contributed by atoms with Crippen molar-refractivity contribution < 1.29 is 8.42 Å². The molecule has 6 heteroatoms. The molecule has 1 N–H and O–H groups in total. The second kappa shape index (κ2) is 7.38. The average Bonchev–Trinajstić information content (AvgIpc) is 2.36. The van der Waals surface area contributed by atoms with Crippen molar-refractivity contribution in [3.05, 3.63) is 12.2 Å². The van der Waals surface area contributed by atoms with Crippen LogP contribution < -0.4 is 5.32 Å². The number of hydrogen-bond donors (Lipinski definition) is 1. The van der Waals surface area contributed by atoms with E-state index in [1.54, 1.807) is 4.31 Å². The Morgan fingerprint density at radius 3 is 2.42 bits per heavy atom. The van der Waals surface area contributed by atoms with E-state index < -0.39 is 10.2 Å². The van der Waals surface area contributed by atoms with Gasteiger partial charge in [0.25, 0.3) is 10.2 Å². The topological polar surface area (TPSA) is 52.7 Å². The van der Waals surface area contributed by atoms with Gasteiger partial charge in [0.15, 0.2) is 0 Å². The first kappa shape index (κ1) is 16.6. The Labute approximate surface area is 117 Å². The minimum absolute atomic E-state index is 0.412. The molecule has 0 saturated carbocycles.